The SMILES string of the molecule is C[C@@H](O)CNCc1ccc(-c2cccnc2)o1. The van der Waals surface area contributed by atoms with Gasteiger partial charge in [-0.1, -0.05) is 0 Å². The topological polar surface area (TPSA) is 58.3 Å². The molecular formula is C13H16N2O2. The number of nitrogens with one attached hydrogen (secondary N) is 1. The summed E-state index contributed by atoms with van der Waals surface area (Å²) in [6.07, 6.45) is 3.16. The molecule has 0 unspecified atom stereocenters. The van der Waals surface area contributed by atoms with E-state index in [1.54, 1.807) is 19.3 Å². The Hall–Kier alpha value is -1.65. The Kier molecular flexibility index (Phi) is 3.90. The van der Waals surface area contributed by atoms with Crippen LogP contribution in [-0.2, 0) is 6.54 Å². The molecule has 2 aromatic heterocycles. The summed E-state index contributed by atoms with van der Waals surface area (Å²) in [7, 11) is 0. The second kappa shape index (κ2) is 5.61. The van der Waals surface area contributed by atoms with E-state index in [0.717, 1.165) is 17.1 Å². The summed E-state index contributed by atoms with van der Waals surface area (Å²) in [5, 5.41) is 12.2. The molecule has 0 saturated heterocycles. The lowest BCUT2D eigenvalue weighted by atomic mass is 10.2. The second-order valence-electron chi connectivity index (χ2n) is 3.99. The molecule has 1 atom stereocenters. The largest absolute Gasteiger partial charge is 0.460 e. The van der Waals surface area contributed by atoms with Gasteiger partial charge in [0.2, 0.25) is 0 Å². The fourth-order valence-corrected chi connectivity index (χ4v) is 1.54. The Balaban J connectivity index is 1.97. The first-order chi connectivity index (χ1) is 8.25. The third-order valence-electron chi connectivity index (χ3n) is 2.35. The van der Waals surface area contributed by atoms with E-state index >= 15 is 0 Å². The van der Waals surface area contributed by atoms with Crippen LogP contribution in [0.15, 0.2) is 41.1 Å². The summed E-state index contributed by atoms with van der Waals surface area (Å²) in [6, 6.07) is 7.69. The smallest absolute Gasteiger partial charge is 0.135 e. The summed E-state index contributed by atoms with van der Waals surface area (Å²) in [4.78, 5) is 4.05. The van der Waals surface area contributed by atoms with Crippen LogP contribution in [0.3, 0.4) is 0 Å². The zero-order valence-corrected chi connectivity index (χ0v) is 9.76. The first-order valence-electron chi connectivity index (χ1n) is 5.63. The van der Waals surface area contributed by atoms with E-state index < -0.39 is 0 Å². The molecule has 0 aromatic carbocycles. The van der Waals surface area contributed by atoms with Gasteiger partial charge in [0.25, 0.3) is 0 Å². The van der Waals surface area contributed by atoms with Crippen molar-refractivity contribution in [3.05, 3.63) is 42.4 Å². The van der Waals surface area contributed by atoms with Gasteiger partial charge in [0, 0.05) is 24.5 Å². The summed E-state index contributed by atoms with van der Waals surface area (Å²) in [5.74, 6) is 1.66. The van der Waals surface area contributed by atoms with Gasteiger partial charge in [-0.15, -0.1) is 0 Å². The molecule has 0 saturated carbocycles. The fourth-order valence-electron chi connectivity index (χ4n) is 1.54. The van der Waals surface area contributed by atoms with E-state index in [9.17, 15) is 0 Å². The standard InChI is InChI=1S/C13H16N2O2/c1-10(16)7-15-9-12-4-5-13(17-12)11-3-2-6-14-8-11/h2-6,8,10,15-16H,7,9H2,1H3/t10-/m1/s1. The molecule has 4 heteroatoms. The van der Waals surface area contributed by atoms with Crippen LogP contribution in [0.4, 0.5) is 0 Å². The minimum absolute atomic E-state index is 0.345. The van der Waals surface area contributed by atoms with E-state index in [0.29, 0.717) is 13.1 Å². The molecule has 0 fully saturated rings. The van der Waals surface area contributed by atoms with Gasteiger partial charge in [-0.05, 0) is 31.2 Å². The highest BCUT2D eigenvalue weighted by Gasteiger charge is 2.04. The Bertz CT molecular complexity index is 451. The number of aromatic nitrogens is 1. The molecule has 2 heterocycles. The van der Waals surface area contributed by atoms with Gasteiger partial charge in [-0.3, -0.25) is 4.98 Å². The van der Waals surface area contributed by atoms with Crippen molar-refractivity contribution in [1.82, 2.24) is 10.3 Å². The van der Waals surface area contributed by atoms with Crippen LogP contribution in [0, 0.1) is 0 Å². The number of aliphatic hydroxyl groups is 1. The Morgan fingerprint density at radius 2 is 2.29 bits per heavy atom. The minimum atomic E-state index is -0.345. The molecule has 2 aromatic rings. The molecule has 0 spiro atoms. The van der Waals surface area contributed by atoms with Gasteiger partial charge in [-0.25, -0.2) is 0 Å². The number of nitrogens with zero attached hydrogens (tertiary/aromatic N) is 1. The summed E-state index contributed by atoms with van der Waals surface area (Å²) in [6.45, 7) is 2.92. The Morgan fingerprint density at radius 3 is 3.00 bits per heavy atom. The number of rotatable bonds is 5. The Labute approximate surface area is 100 Å². The monoisotopic (exact) mass is 232 g/mol. The lowest BCUT2D eigenvalue weighted by Crippen LogP contribution is -2.23. The van der Waals surface area contributed by atoms with Crippen molar-refractivity contribution in [1.29, 1.82) is 0 Å². The van der Waals surface area contributed by atoms with E-state index in [2.05, 4.69) is 10.3 Å². The maximum Gasteiger partial charge on any atom is 0.135 e. The lowest BCUT2D eigenvalue weighted by molar-refractivity contribution is 0.190. The highest BCUT2D eigenvalue weighted by Crippen LogP contribution is 2.20. The first kappa shape index (κ1) is 11.8. The highest BCUT2D eigenvalue weighted by atomic mass is 16.3. The average molecular weight is 232 g/mol. The average Bonchev–Trinajstić information content (AvgIpc) is 2.78. The Morgan fingerprint density at radius 1 is 1.41 bits per heavy atom. The lowest BCUT2D eigenvalue weighted by Gasteiger charge is -2.04. The molecule has 2 rings (SSSR count). The predicted molar refractivity (Wildman–Crippen MR) is 65.3 cm³/mol. The molecule has 90 valence electrons. The second-order valence-corrected chi connectivity index (χ2v) is 3.99. The molecule has 0 amide bonds. The fraction of sp³-hybridized carbons (Fsp3) is 0.308. The third-order valence-corrected chi connectivity index (χ3v) is 2.35. The van der Waals surface area contributed by atoms with Crippen LogP contribution >= 0.6 is 0 Å². The van der Waals surface area contributed by atoms with Crippen molar-refractivity contribution < 1.29 is 9.52 Å². The maximum absolute atomic E-state index is 9.11. The van der Waals surface area contributed by atoms with Gasteiger partial charge >= 0.3 is 0 Å². The molecule has 0 aliphatic rings. The number of hydrogen-bond donors (Lipinski definition) is 2. The zero-order valence-electron chi connectivity index (χ0n) is 9.76. The molecule has 0 radical (unpaired) electrons. The number of pyridine rings is 1. The van der Waals surface area contributed by atoms with E-state index in [1.165, 1.54) is 0 Å². The molecule has 17 heavy (non-hydrogen) atoms. The maximum atomic E-state index is 9.11. The highest BCUT2D eigenvalue weighted by molar-refractivity contribution is 5.55. The van der Waals surface area contributed by atoms with Crippen LogP contribution < -0.4 is 5.32 Å². The van der Waals surface area contributed by atoms with Gasteiger partial charge in [-0.2, -0.15) is 0 Å². The number of aliphatic hydroxyl groups excluding tert-OH is 1. The zero-order chi connectivity index (χ0) is 12.1. The molecule has 2 N–H and O–H groups in total. The van der Waals surface area contributed by atoms with Gasteiger partial charge in [0.15, 0.2) is 0 Å². The van der Waals surface area contributed by atoms with Gasteiger partial charge in [0.05, 0.1) is 12.6 Å². The van der Waals surface area contributed by atoms with Gasteiger partial charge in [0.1, 0.15) is 11.5 Å². The summed E-state index contributed by atoms with van der Waals surface area (Å²) in [5.41, 5.74) is 0.967. The predicted octanol–water partition coefficient (Wildman–Crippen LogP) is 1.81. The van der Waals surface area contributed by atoms with Crippen LogP contribution in [0.2, 0.25) is 0 Å². The van der Waals surface area contributed by atoms with E-state index in [4.69, 9.17) is 9.52 Å². The third kappa shape index (κ3) is 3.41. The van der Waals surface area contributed by atoms with Crippen molar-refractivity contribution in [2.75, 3.05) is 6.54 Å². The van der Waals surface area contributed by atoms with Crippen molar-refractivity contribution in [2.45, 2.75) is 19.6 Å². The van der Waals surface area contributed by atoms with Crippen molar-refractivity contribution in [3.8, 4) is 11.3 Å². The molecule has 0 aliphatic heterocycles. The van der Waals surface area contributed by atoms with Crippen LogP contribution in [0.1, 0.15) is 12.7 Å². The minimum Gasteiger partial charge on any atom is -0.460 e. The summed E-state index contributed by atoms with van der Waals surface area (Å²) >= 11 is 0. The van der Waals surface area contributed by atoms with Crippen LogP contribution in [0.25, 0.3) is 11.3 Å². The first-order valence-corrected chi connectivity index (χ1v) is 5.63. The number of furan rings is 1. The summed E-state index contributed by atoms with van der Waals surface area (Å²) < 4.78 is 5.67. The van der Waals surface area contributed by atoms with Crippen molar-refractivity contribution in [3.63, 3.8) is 0 Å². The quantitative estimate of drug-likeness (QED) is 0.825. The molecular weight excluding hydrogens is 216 g/mol. The van der Waals surface area contributed by atoms with E-state index in [-0.39, 0.29) is 6.10 Å². The molecule has 4 nitrogen and oxygen atoms in total. The molecule has 0 bridgehead atoms. The van der Waals surface area contributed by atoms with Crippen molar-refractivity contribution in [2.24, 2.45) is 0 Å². The van der Waals surface area contributed by atoms with Crippen LogP contribution in [0.5, 0.6) is 0 Å². The van der Waals surface area contributed by atoms with Crippen LogP contribution in [-0.4, -0.2) is 22.7 Å². The number of hydrogen-bond acceptors (Lipinski definition) is 4. The van der Waals surface area contributed by atoms with E-state index in [1.807, 2.05) is 24.3 Å². The van der Waals surface area contributed by atoms with Gasteiger partial charge < -0.3 is 14.8 Å². The molecule has 0 aliphatic carbocycles. The van der Waals surface area contributed by atoms with Crippen molar-refractivity contribution >= 4 is 0 Å². The normalized spacial score (nSPS) is 12.6.